The molecule has 0 rings (SSSR count). The molecule has 0 fully saturated rings. The molecule has 0 amide bonds. The fourth-order valence-electron chi connectivity index (χ4n) is 0.757. The van der Waals surface area contributed by atoms with Gasteiger partial charge >= 0.3 is 0 Å². The lowest BCUT2D eigenvalue weighted by molar-refractivity contribution is -0.0819. The zero-order chi connectivity index (χ0) is 9.61. The summed E-state index contributed by atoms with van der Waals surface area (Å²) in [6, 6.07) is 0. The van der Waals surface area contributed by atoms with E-state index in [1.807, 2.05) is 66.8 Å². The van der Waals surface area contributed by atoms with Gasteiger partial charge in [-0.15, -0.1) is 0 Å². The van der Waals surface area contributed by atoms with E-state index in [0.29, 0.717) is 13.2 Å². The third kappa shape index (κ3) is 7.96. The van der Waals surface area contributed by atoms with Crippen molar-refractivity contribution in [2.75, 3.05) is 13.2 Å². The predicted octanol–water partition coefficient (Wildman–Crippen LogP) is 2.90. The maximum atomic E-state index is 5.66. The second kappa shape index (κ2) is 6.74. The number of ether oxygens (including phenoxy) is 1. The zero-order valence-corrected chi connectivity index (χ0v) is 11.8. The Morgan fingerprint density at radius 3 is 1.75 bits per heavy atom. The average Bonchev–Trinajstić information content (AvgIpc) is 1.84. The van der Waals surface area contributed by atoms with E-state index in [4.69, 9.17) is 10.9 Å². The third-order valence-electron chi connectivity index (χ3n) is 1.02. The molecule has 0 aromatic heterocycles. The highest BCUT2D eigenvalue weighted by molar-refractivity contribution is 14.1. The van der Waals surface area contributed by atoms with Gasteiger partial charge in [-0.3, -0.25) is 0 Å². The Labute approximate surface area is 102 Å². The standard InChI is InChI=1S/C7H14I2O3/c1-7(2,3)12-6(4-10-8)5-11-9/h6H,4-5H2,1-3H3. The summed E-state index contributed by atoms with van der Waals surface area (Å²) in [4.78, 5) is 0. The second-order valence-electron chi connectivity index (χ2n) is 3.40. The van der Waals surface area contributed by atoms with Crippen molar-refractivity contribution in [3.63, 3.8) is 0 Å². The first kappa shape index (κ1) is 13.3. The normalized spacial score (nSPS) is 12.5. The molecule has 0 aliphatic heterocycles. The predicted molar refractivity (Wildman–Crippen MR) is 64.6 cm³/mol. The molecule has 0 aromatic carbocycles. The largest absolute Gasteiger partial charge is 0.368 e. The molecule has 0 saturated heterocycles. The molecular weight excluding hydrogens is 386 g/mol. The Bertz CT molecular complexity index is 108. The van der Waals surface area contributed by atoms with E-state index in [1.165, 1.54) is 0 Å². The molecule has 0 saturated carbocycles. The lowest BCUT2D eigenvalue weighted by Crippen LogP contribution is -2.32. The molecule has 0 N–H and O–H groups in total. The van der Waals surface area contributed by atoms with Gasteiger partial charge < -0.3 is 10.9 Å². The minimum Gasteiger partial charge on any atom is -0.368 e. The molecular formula is C7H14I2O3. The van der Waals surface area contributed by atoms with Gasteiger partial charge in [-0.1, -0.05) is 0 Å². The quantitative estimate of drug-likeness (QED) is 0.665. The molecule has 0 bridgehead atoms. The first-order valence-corrected chi connectivity index (χ1v) is 5.40. The SMILES string of the molecule is CC(C)(C)OC(COI)COI. The van der Waals surface area contributed by atoms with Crippen molar-refractivity contribution in [3.05, 3.63) is 0 Å². The Balaban J connectivity index is 3.77. The number of halogens is 2. The van der Waals surface area contributed by atoms with Gasteiger partial charge in [-0.25, -0.2) is 0 Å². The van der Waals surface area contributed by atoms with Crippen LogP contribution < -0.4 is 0 Å². The third-order valence-corrected chi connectivity index (χ3v) is 1.74. The van der Waals surface area contributed by atoms with E-state index >= 15 is 0 Å². The van der Waals surface area contributed by atoms with Crippen molar-refractivity contribution in [1.82, 2.24) is 0 Å². The van der Waals surface area contributed by atoms with Crippen molar-refractivity contribution in [2.45, 2.75) is 32.5 Å². The lowest BCUT2D eigenvalue weighted by Gasteiger charge is -2.25. The summed E-state index contributed by atoms with van der Waals surface area (Å²) in [6.07, 6.45) is 0.0128. The lowest BCUT2D eigenvalue weighted by atomic mass is 10.2. The minimum atomic E-state index is -0.144. The highest BCUT2D eigenvalue weighted by Crippen LogP contribution is 2.12. The maximum Gasteiger partial charge on any atom is 0.109 e. The highest BCUT2D eigenvalue weighted by atomic mass is 127. The molecule has 3 nitrogen and oxygen atoms in total. The van der Waals surface area contributed by atoms with Gasteiger partial charge in [0.15, 0.2) is 0 Å². The van der Waals surface area contributed by atoms with Gasteiger partial charge in [0.2, 0.25) is 0 Å². The van der Waals surface area contributed by atoms with E-state index in [0.717, 1.165) is 0 Å². The van der Waals surface area contributed by atoms with Crippen LogP contribution in [0, 0.1) is 0 Å². The Morgan fingerprint density at radius 2 is 1.50 bits per heavy atom. The first-order chi connectivity index (χ1) is 5.49. The van der Waals surface area contributed by atoms with Crippen LogP contribution in [-0.4, -0.2) is 24.9 Å². The fourth-order valence-corrected chi connectivity index (χ4v) is 1.56. The molecule has 74 valence electrons. The van der Waals surface area contributed by atoms with E-state index in [9.17, 15) is 0 Å². The van der Waals surface area contributed by atoms with Crippen LogP contribution in [0.2, 0.25) is 0 Å². The number of hydrogen-bond acceptors (Lipinski definition) is 3. The molecule has 0 aromatic rings. The molecule has 0 aliphatic carbocycles. The summed E-state index contributed by atoms with van der Waals surface area (Å²) in [7, 11) is 0. The molecule has 0 atom stereocenters. The summed E-state index contributed by atoms with van der Waals surface area (Å²) < 4.78 is 15.6. The topological polar surface area (TPSA) is 27.7 Å². The van der Waals surface area contributed by atoms with Gasteiger partial charge in [0, 0.05) is 0 Å². The van der Waals surface area contributed by atoms with Gasteiger partial charge in [0.25, 0.3) is 0 Å². The monoisotopic (exact) mass is 400 g/mol. The Morgan fingerprint density at radius 1 is 1.08 bits per heavy atom. The van der Waals surface area contributed by atoms with Crippen molar-refractivity contribution in [1.29, 1.82) is 0 Å². The van der Waals surface area contributed by atoms with E-state index in [1.54, 1.807) is 0 Å². The number of hydrogen-bond donors (Lipinski definition) is 0. The van der Waals surface area contributed by atoms with Gasteiger partial charge in [-0.2, -0.15) is 0 Å². The first-order valence-electron chi connectivity index (χ1n) is 3.64. The van der Waals surface area contributed by atoms with Crippen molar-refractivity contribution in [2.24, 2.45) is 0 Å². The molecule has 5 heteroatoms. The Hall–Kier alpha value is 1.34. The maximum absolute atomic E-state index is 5.66. The summed E-state index contributed by atoms with van der Waals surface area (Å²) >= 11 is 3.71. The summed E-state index contributed by atoms with van der Waals surface area (Å²) in [5, 5.41) is 0. The van der Waals surface area contributed by atoms with Crippen molar-refractivity contribution < 1.29 is 10.9 Å². The van der Waals surface area contributed by atoms with Crippen LogP contribution in [0.25, 0.3) is 0 Å². The molecule has 0 aliphatic rings. The molecule has 0 heterocycles. The second-order valence-corrected chi connectivity index (χ2v) is 4.65. The Kier molecular flexibility index (Phi) is 7.50. The van der Waals surface area contributed by atoms with Crippen LogP contribution in [0.5, 0.6) is 0 Å². The average molecular weight is 400 g/mol. The van der Waals surface area contributed by atoms with Crippen LogP contribution in [0.4, 0.5) is 0 Å². The van der Waals surface area contributed by atoms with Crippen LogP contribution in [0.1, 0.15) is 20.8 Å². The summed E-state index contributed by atoms with van der Waals surface area (Å²) in [6.45, 7) is 7.16. The molecule has 12 heavy (non-hydrogen) atoms. The van der Waals surface area contributed by atoms with E-state index < -0.39 is 0 Å². The van der Waals surface area contributed by atoms with Crippen LogP contribution in [-0.2, 0) is 10.9 Å². The molecule has 0 unspecified atom stereocenters. The highest BCUT2D eigenvalue weighted by Gasteiger charge is 2.18. The van der Waals surface area contributed by atoms with Crippen molar-refractivity contribution >= 4 is 46.0 Å². The smallest absolute Gasteiger partial charge is 0.109 e. The van der Waals surface area contributed by atoms with E-state index in [-0.39, 0.29) is 11.7 Å². The zero-order valence-electron chi connectivity index (χ0n) is 7.47. The van der Waals surface area contributed by atoms with Crippen LogP contribution in [0.3, 0.4) is 0 Å². The van der Waals surface area contributed by atoms with Crippen LogP contribution in [0.15, 0.2) is 0 Å². The molecule has 0 spiro atoms. The van der Waals surface area contributed by atoms with Crippen LogP contribution >= 0.6 is 46.0 Å². The van der Waals surface area contributed by atoms with Gasteiger partial charge in [0.1, 0.15) is 52.1 Å². The van der Waals surface area contributed by atoms with Gasteiger partial charge in [-0.05, 0) is 20.8 Å². The fraction of sp³-hybridized carbons (Fsp3) is 1.00. The van der Waals surface area contributed by atoms with Crippen molar-refractivity contribution in [3.8, 4) is 0 Å². The van der Waals surface area contributed by atoms with E-state index in [2.05, 4.69) is 0 Å². The summed E-state index contributed by atoms with van der Waals surface area (Å²) in [5.74, 6) is 0. The number of rotatable bonds is 5. The van der Waals surface area contributed by atoms with Gasteiger partial charge in [0.05, 0.1) is 18.8 Å². The molecule has 0 radical (unpaired) electrons. The summed E-state index contributed by atoms with van der Waals surface area (Å²) in [5.41, 5.74) is -0.144. The minimum absolute atomic E-state index is 0.0128.